The molecule has 0 N–H and O–H groups in total. The zero-order chi connectivity index (χ0) is 38.7. The number of ether oxygens (including phenoxy) is 2. The maximum Gasteiger partial charge on any atom is 0.306 e. The number of hydroxylamine groups is 4. The standard InChI is InChI=1S/C44H84N2O6/c1-11-13-15-17-23-27-31-49-45-41(3,4)33-37(34-42(45,5)6)51-39(47)29-25-21-19-20-22-26-30-40(48)52-38-35-43(7,8)46(44(9,10)36-38)50-32-28-24-18-16-14-12-2/h37-38H,11-36H2,1-10H3. The fraction of sp³-hybridized carbons (Fsp3) is 0.955. The summed E-state index contributed by atoms with van der Waals surface area (Å²) < 4.78 is 12.0. The second-order valence-corrected chi connectivity index (χ2v) is 18.7. The molecule has 0 unspecified atom stereocenters. The monoisotopic (exact) mass is 737 g/mol. The molecule has 8 heteroatoms. The topological polar surface area (TPSA) is 77.5 Å². The van der Waals surface area contributed by atoms with Crippen molar-refractivity contribution in [2.75, 3.05) is 13.2 Å². The molecular weight excluding hydrogens is 652 g/mol. The number of carbonyl (C=O) groups is 2. The molecule has 2 fully saturated rings. The van der Waals surface area contributed by atoms with Crippen molar-refractivity contribution in [1.29, 1.82) is 0 Å². The van der Waals surface area contributed by atoms with E-state index >= 15 is 0 Å². The lowest BCUT2D eigenvalue weighted by molar-refractivity contribution is -0.293. The Bertz CT molecular complexity index is 881. The lowest BCUT2D eigenvalue weighted by atomic mass is 9.80. The van der Waals surface area contributed by atoms with Gasteiger partial charge >= 0.3 is 11.9 Å². The van der Waals surface area contributed by atoms with E-state index in [0.29, 0.717) is 12.8 Å². The summed E-state index contributed by atoms with van der Waals surface area (Å²) in [7, 11) is 0. The molecule has 0 aromatic heterocycles. The van der Waals surface area contributed by atoms with Crippen LogP contribution in [0, 0.1) is 0 Å². The Morgan fingerprint density at radius 3 is 1.02 bits per heavy atom. The molecule has 0 aliphatic carbocycles. The number of nitrogens with zero attached hydrogens (tertiary/aromatic N) is 2. The first kappa shape index (κ1) is 46.9. The minimum atomic E-state index is -0.201. The average molecular weight is 737 g/mol. The van der Waals surface area contributed by atoms with Gasteiger partial charge in [-0.15, -0.1) is 0 Å². The van der Waals surface area contributed by atoms with E-state index in [9.17, 15) is 9.59 Å². The molecule has 0 amide bonds. The predicted molar refractivity (Wildman–Crippen MR) is 214 cm³/mol. The average Bonchev–Trinajstić information content (AvgIpc) is 3.02. The Hall–Kier alpha value is -1.22. The third-order valence-electron chi connectivity index (χ3n) is 11.2. The zero-order valence-corrected chi connectivity index (χ0v) is 35.9. The fourth-order valence-corrected chi connectivity index (χ4v) is 9.02. The summed E-state index contributed by atoms with van der Waals surface area (Å²) >= 11 is 0. The molecule has 0 atom stereocenters. The third kappa shape index (κ3) is 17.5. The highest BCUT2D eigenvalue weighted by Gasteiger charge is 2.49. The van der Waals surface area contributed by atoms with Crippen LogP contribution in [0.3, 0.4) is 0 Å². The van der Waals surface area contributed by atoms with Crippen LogP contribution in [0.2, 0.25) is 0 Å². The second kappa shape index (κ2) is 23.6. The molecule has 2 saturated heterocycles. The van der Waals surface area contributed by atoms with Crippen molar-refractivity contribution in [1.82, 2.24) is 10.1 Å². The number of piperidine rings is 2. The van der Waals surface area contributed by atoms with E-state index in [1.54, 1.807) is 0 Å². The van der Waals surface area contributed by atoms with Crippen LogP contribution in [0.25, 0.3) is 0 Å². The van der Waals surface area contributed by atoms with Crippen LogP contribution in [-0.4, -0.2) is 69.6 Å². The summed E-state index contributed by atoms with van der Waals surface area (Å²) in [6.45, 7) is 23.6. The van der Waals surface area contributed by atoms with Crippen LogP contribution in [-0.2, 0) is 28.7 Å². The maximum absolute atomic E-state index is 12.8. The second-order valence-electron chi connectivity index (χ2n) is 18.7. The van der Waals surface area contributed by atoms with Crippen molar-refractivity contribution in [3.63, 3.8) is 0 Å². The van der Waals surface area contributed by atoms with Gasteiger partial charge < -0.3 is 9.47 Å². The van der Waals surface area contributed by atoms with Gasteiger partial charge in [-0.05, 0) is 81.1 Å². The van der Waals surface area contributed by atoms with Crippen molar-refractivity contribution in [3.8, 4) is 0 Å². The Morgan fingerprint density at radius 2 is 0.712 bits per heavy atom. The van der Waals surface area contributed by atoms with Crippen LogP contribution in [0.15, 0.2) is 0 Å². The Labute approximate surface area is 321 Å². The number of rotatable bonds is 27. The van der Waals surface area contributed by atoms with E-state index in [-0.39, 0.29) is 46.3 Å². The highest BCUT2D eigenvalue weighted by molar-refractivity contribution is 5.69. The molecule has 2 heterocycles. The molecule has 0 radical (unpaired) electrons. The van der Waals surface area contributed by atoms with Crippen molar-refractivity contribution in [3.05, 3.63) is 0 Å². The van der Waals surface area contributed by atoms with E-state index < -0.39 is 0 Å². The van der Waals surface area contributed by atoms with Gasteiger partial charge in [0, 0.05) is 60.7 Å². The summed E-state index contributed by atoms with van der Waals surface area (Å²) in [5.41, 5.74) is -0.803. The van der Waals surface area contributed by atoms with Crippen molar-refractivity contribution in [2.24, 2.45) is 0 Å². The van der Waals surface area contributed by atoms with Crippen LogP contribution in [0.1, 0.15) is 223 Å². The number of unbranched alkanes of at least 4 members (excludes halogenated alkanes) is 15. The first-order valence-electron chi connectivity index (χ1n) is 21.8. The number of hydrogen-bond donors (Lipinski definition) is 0. The third-order valence-corrected chi connectivity index (χ3v) is 11.2. The molecule has 0 bridgehead atoms. The smallest absolute Gasteiger partial charge is 0.306 e. The van der Waals surface area contributed by atoms with E-state index in [2.05, 4.69) is 79.4 Å². The summed E-state index contributed by atoms with van der Waals surface area (Å²) in [5, 5.41) is 4.35. The van der Waals surface area contributed by atoms with Gasteiger partial charge in [-0.2, -0.15) is 10.1 Å². The van der Waals surface area contributed by atoms with E-state index in [0.717, 1.165) is 90.3 Å². The largest absolute Gasteiger partial charge is 0.462 e. The van der Waals surface area contributed by atoms with E-state index in [4.69, 9.17) is 19.1 Å². The molecule has 52 heavy (non-hydrogen) atoms. The molecule has 0 spiro atoms. The number of hydrogen-bond acceptors (Lipinski definition) is 8. The SMILES string of the molecule is CCCCCCCCON1C(C)(C)CC(OC(=O)CCCCCCCCC(=O)OC2CC(C)(C)N(OCCCCCCCC)C(C)(C)C2)CC1(C)C. The minimum absolute atomic E-state index is 0.0812. The summed E-state index contributed by atoms with van der Waals surface area (Å²) in [5.74, 6) is -0.162. The zero-order valence-electron chi connectivity index (χ0n) is 35.9. The molecule has 306 valence electrons. The molecule has 2 aliphatic heterocycles. The minimum Gasteiger partial charge on any atom is -0.462 e. The van der Waals surface area contributed by atoms with E-state index in [1.807, 2.05) is 0 Å². The molecular formula is C44H84N2O6. The van der Waals surface area contributed by atoms with Crippen molar-refractivity contribution >= 4 is 11.9 Å². The highest BCUT2D eigenvalue weighted by atomic mass is 16.7. The van der Waals surface area contributed by atoms with Crippen LogP contribution in [0.5, 0.6) is 0 Å². The molecule has 0 aromatic carbocycles. The Kier molecular flexibility index (Phi) is 21.3. The van der Waals surface area contributed by atoms with Crippen LogP contribution >= 0.6 is 0 Å². The Morgan fingerprint density at radius 1 is 0.442 bits per heavy atom. The van der Waals surface area contributed by atoms with Gasteiger partial charge in [0.1, 0.15) is 12.2 Å². The van der Waals surface area contributed by atoms with E-state index in [1.165, 1.54) is 64.2 Å². The summed E-state index contributed by atoms with van der Waals surface area (Å²) in [4.78, 5) is 38.2. The number of esters is 2. The van der Waals surface area contributed by atoms with Gasteiger partial charge in [0.2, 0.25) is 0 Å². The number of carbonyl (C=O) groups excluding carboxylic acids is 2. The summed E-state index contributed by atoms with van der Waals surface area (Å²) in [6, 6.07) is 0. The molecule has 2 rings (SSSR count). The van der Waals surface area contributed by atoms with Crippen LogP contribution in [0.4, 0.5) is 0 Å². The maximum atomic E-state index is 12.8. The van der Waals surface area contributed by atoms with Gasteiger partial charge in [-0.1, -0.05) is 104 Å². The Balaban J connectivity index is 1.57. The van der Waals surface area contributed by atoms with Crippen molar-refractivity contribution < 1.29 is 28.7 Å². The van der Waals surface area contributed by atoms with Gasteiger partial charge in [-0.3, -0.25) is 19.3 Å². The lowest BCUT2D eigenvalue weighted by Gasteiger charge is -2.53. The highest BCUT2D eigenvalue weighted by Crippen LogP contribution is 2.41. The quantitative estimate of drug-likeness (QED) is 0.0609. The lowest BCUT2D eigenvalue weighted by Crippen LogP contribution is -2.62. The van der Waals surface area contributed by atoms with Crippen molar-refractivity contribution in [2.45, 2.75) is 258 Å². The molecule has 0 aromatic rings. The fourth-order valence-electron chi connectivity index (χ4n) is 9.02. The summed E-state index contributed by atoms with van der Waals surface area (Å²) in [6.07, 6.45) is 24.7. The molecule has 0 saturated carbocycles. The van der Waals surface area contributed by atoms with Gasteiger partial charge in [0.05, 0.1) is 13.2 Å². The van der Waals surface area contributed by atoms with Gasteiger partial charge in [0.25, 0.3) is 0 Å². The van der Waals surface area contributed by atoms with Gasteiger partial charge in [0.15, 0.2) is 0 Å². The first-order valence-corrected chi connectivity index (χ1v) is 21.8. The molecule has 2 aliphatic rings. The molecule has 8 nitrogen and oxygen atoms in total. The predicted octanol–water partition coefficient (Wildman–Crippen LogP) is 11.8. The van der Waals surface area contributed by atoms with Gasteiger partial charge in [-0.25, -0.2) is 0 Å². The van der Waals surface area contributed by atoms with Crippen LogP contribution < -0.4 is 0 Å². The normalized spacial score (nSPS) is 20.6. The first-order chi connectivity index (χ1) is 24.5.